The number of aromatic nitrogens is 2. The van der Waals surface area contributed by atoms with Crippen LogP contribution in [0.1, 0.15) is 24.5 Å². The lowest BCUT2D eigenvalue weighted by Gasteiger charge is -2.33. The lowest BCUT2D eigenvalue weighted by molar-refractivity contribution is 0.0580. The first-order valence-corrected chi connectivity index (χ1v) is 8.70. The van der Waals surface area contributed by atoms with Crippen LogP contribution in [-0.2, 0) is 0 Å². The Hall–Kier alpha value is -2.25. The molecule has 2 aliphatic heterocycles. The number of nitrogens with zero attached hydrogens (tertiary/aromatic N) is 2. The molecule has 2 atom stereocenters. The number of rotatable bonds is 6. The second-order valence-electron chi connectivity index (χ2n) is 6.59. The number of aliphatic hydroxyl groups is 1. The quantitative estimate of drug-likeness (QED) is 0.830. The molecule has 2 aromatic rings. The van der Waals surface area contributed by atoms with Crippen molar-refractivity contribution < 1.29 is 19.3 Å². The van der Waals surface area contributed by atoms with Crippen LogP contribution in [0.4, 0.5) is 0 Å². The van der Waals surface area contributed by atoms with Gasteiger partial charge in [-0.15, -0.1) is 0 Å². The van der Waals surface area contributed by atoms with Gasteiger partial charge in [-0.1, -0.05) is 0 Å². The van der Waals surface area contributed by atoms with Crippen LogP contribution in [0.5, 0.6) is 17.2 Å². The standard InChI is InChI=1S/C18H23N3O4/c22-14(11-23-15-3-4-17-18(8-15)25-12-24-17)10-21-7-1-2-13(9-21)16-5-6-19-20-16/h3-6,8,13-14,22H,1-2,7,9-12H2,(H,19,20)/t13-,14-/m0/s1. The molecule has 0 amide bonds. The van der Waals surface area contributed by atoms with Gasteiger partial charge >= 0.3 is 0 Å². The molecule has 0 saturated carbocycles. The largest absolute Gasteiger partial charge is 0.491 e. The summed E-state index contributed by atoms with van der Waals surface area (Å²) in [5.41, 5.74) is 1.18. The number of β-amino-alcohol motifs (C(OH)–C–C–N with tert-alkyl or cyclic N) is 1. The van der Waals surface area contributed by atoms with Crippen molar-refractivity contribution in [1.29, 1.82) is 0 Å². The zero-order valence-corrected chi connectivity index (χ0v) is 14.1. The van der Waals surface area contributed by atoms with Gasteiger partial charge in [-0.2, -0.15) is 5.10 Å². The Morgan fingerprint density at radius 1 is 1.32 bits per heavy atom. The molecule has 7 heteroatoms. The maximum Gasteiger partial charge on any atom is 0.231 e. The van der Waals surface area contributed by atoms with Crippen molar-refractivity contribution in [1.82, 2.24) is 15.1 Å². The van der Waals surface area contributed by atoms with E-state index in [0.717, 1.165) is 31.7 Å². The van der Waals surface area contributed by atoms with E-state index < -0.39 is 6.10 Å². The molecule has 2 N–H and O–H groups in total. The molecular formula is C18H23N3O4. The van der Waals surface area contributed by atoms with Crippen LogP contribution >= 0.6 is 0 Å². The van der Waals surface area contributed by atoms with Crippen LogP contribution in [0.3, 0.4) is 0 Å². The number of piperidine rings is 1. The van der Waals surface area contributed by atoms with Gasteiger partial charge in [0, 0.05) is 37.0 Å². The van der Waals surface area contributed by atoms with Gasteiger partial charge in [-0.3, -0.25) is 10.00 Å². The van der Waals surface area contributed by atoms with Crippen molar-refractivity contribution in [3.8, 4) is 17.2 Å². The van der Waals surface area contributed by atoms with Crippen molar-refractivity contribution in [2.75, 3.05) is 33.0 Å². The highest BCUT2D eigenvalue weighted by molar-refractivity contribution is 5.46. The molecule has 1 fully saturated rings. The van der Waals surface area contributed by atoms with Crippen LogP contribution in [-0.4, -0.2) is 59.3 Å². The third-order valence-electron chi connectivity index (χ3n) is 4.72. The maximum absolute atomic E-state index is 10.3. The van der Waals surface area contributed by atoms with Gasteiger partial charge in [-0.05, 0) is 37.6 Å². The normalized spacial score (nSPS) is 21.2. The topological polar surface area (TPSA) is 79.8 Å². The number of nitrogens with one attached hydrogen (secondary N) is 1. The highest BCUT2D eigenvalue weighted by Gasteiger charge is 2.24. The predicted molar refractivity (Wildman–Crippen MR) is 91.1 cm³/mol. The summed E-state index contributed by atoms with van der Waals surface area (Å²) in [7, 11) is 0. The number of aliphatic hydroxyl groups excluding tert-OH is 1. The number of benzene rings is 1. The number of ether oxygens (including phenoxy) is 3. The van der Waals surface area contributed by atoms with Crippen molar-refractivity contribution in [2.24, 2.45) is 0 Å². The second-order valence-corrected chi connectivity index (χ2v) is 6.59. The first kappa shape index (κ1) is 16.2. The number of fused-ring (bicyclic) bond motifs is 1. The SMILES string of the molecule is O[C@H](COc1ccc2c(c1)OCO2)CN1CCC[C@H](c2ccn[nH]2)C1. The zero-order valence-electron chi connectivity index (χ0n) is 14.1. The van der Waals surface area contributed by atoms with E-state index in [1.54, 1.807) is 12.3 Å². The fourth-order valence-corrected chi connectivity index (χ4v) is 3.48. The van der Waals surface area contributed by atoms with Gasteiger partial charge in [0.1, 0.15) is 18.5 Å². The van der Waals surface area contributed by atoms with E-state index in [1.165, 1.54) is 5.69 Å². The fraction of sp³-hybridized carbons (Fsp3) is 0.500. The summed E-state index contributed by atoms with van der Waals surface area (Å²) in [6, 6.07) is 7.48. The Morgan fingerprint density at radius 2 is 2.24 bits per heavy atom. The highest BCUT2D eigenvalue weighted by atomic mass is 16.7. The number of hydrogen-bond acceptors (Lipinski definition) is 6. The molecule has 1 saturated heterocycles. The predicted octanol–water partition coefficient (Wildman–Crippen LogP) is 1.76. The minimum Gasteiger partial charge on any atom is -0.491 e. The van der Waals surface area contributed by atoms with Gasteiger partial charge in [0.25, 0.3) is 0 Å². The van der Waals surface area contributed by atoms with Crippen molar-refractivity contribution in [3.05, 3.63) is 36.2 Å². The third-order valence-corrected chi connectivity index (χ3v) is 4.72. The molecule has 1 aromatic heterocycles. The lowest BCUT2D eigenvalue weighted by atomic mass is 9.95. The van der Waals surface area contributed by atoms with Crippen LogP contribution in [0.25, 0.3) is 0 Å². The molecule has 3 heterocycles. The molecule has 4 rings (SSSR count). The van der Waals surface area contributed by atoms with Gasteiger partial charge in [0.15, 0.2) is 11.5 Å². The summed E-state index contributed by atoms with van der Waals surface area (Å²) in [5.74, 6) is 2.55. The average Bonchev–Trinajstić information content (AvgIpc) is 3.31. The Morgan fingerprint density at radius 3 is 3.12 bits per heavy atom. The van der Waals surface area contributed by atoms with E-state index in [9.17, 15) is 5.11 Å². The third kappa shape index (κ3) is 3.88. The highest BCUT2D eigenvalue weighted by Crippen LogP contribution is 2.35. The molecule has 7 nitrogen and oxygen atoms in total. The molecule has 134 valence electrons. The fourth-order valence-electron chi connectivity index (χ4n) is 3.48. The Kier molecular flexibility index (Phi) is 4.76. The van der Waals surface area contributed by atoms with Crippen LogP contribution in [0, 0.1) is 0 Å². The lowest BCUT2D eigenvalue weighted by Crippen LogP contribution is -2.41. The molecular weight excluding hydrogens is 322 g/mol. The second kappa shape index (κ2) is 7.33. The summed E-state index contributed by atoms with van der Waals surface area (Å²) in [6.45, 7) is 3.04. The van der Waals surface area contributed by atoms with Crippen LogP contribution in [0.2, 0.25) is 0 Å². The van der Waals surface area contributed by atoms with Gasteiger partial charge in [0.2, 0.25) is 6.79 Å². The van der Waals surface area contributed by atoms with Gasteiger partial charge < -0.3 is 19.3 Å². The molecule has 1 aromatic carbocycles. The molecule has 0 spiro atoms. The Bertz CT molecular complexity index is 692. The van der Waals surface area contributed by atoms with Gasteiger partial charge in [0.05, 0.1) is 0 Å². The van der Waals surface area contributed by atoms with Crippen LogP contribution in [0.15, 0.2) is 30.5 Å². The number of hydrogen-bond donors (Lipinski definition) is 2. The molecule has 0 bridgehead atoms. The van der Waals surface area contributed by atoms with Crippen molar-refractivity contribution >= 4 is 0 Å². The molecule has 0 radical (unpaired) electrons. The number of H-pyrrole nitrogens is 1. The molecule has 0 unspecified atom stereocenters. The maximum atomic E-state index is 10.3. The van der Waals surface area contributed by atoms with E-state index in [2.05, 4.69) is 15.1 Å². The van der Waals surface area contributed by atoms with E-state index in [0.29, 0.717) is 24.0 Å². The first-order chi connectivity index (χ1) is 12.3. The van der Waals surface area contributed by atoms with Gasteiger partial charge in [-0.25, -0.2) is 0 Å². The summed E-state index contributed by atoms with van der Waals surface area (Å²) in [6.07, 6.45) is 3.54. The average molecular weight is 345 g/mol. The van der Waals surface area contributed by atoms with Crippen LogP contribution < -0.4 is 14.2 Å². The first-order valence-electron chi connectivity index (χ1n) is 8.70. The Balaban J connectivity index is 1.26. The smallest absolute Gasteiger partial charge is 0.231 e. The van der Waals surface area contributed by atoms with E-state index >= 15 is 0 Å². The molecule has 0 aliphatic carbocycles. The van der Waals surface area contributed by atoms with E-state index in [4.69, 9.17) is 14.2 Å². The summed E-state index contributed by atoms with van der Waals surface area (Å²) in [5, 5.41) is 17.4. The zero-order chi connectivity index (χ0) is 17.1. The summed E-state index contributed by atoms with van der Waals surface area (Å²) in [4.78, 5) is 2.29. The number of aromatic amines is 1. The molecule has 2 aliphatic rings. The minimum atomic E-state index is -0.536. The number of likely N-dealkylation sites (tertiary alicyclic amines) is 1. The monoisotopic (exact) mass is 345 g/mol. The van der Waals surface area contributed by atoms with Crippen molar-refractivity contribution in [2.45, 2.75) is 24.9 Å². The van der Waals surface area contributed by atoms with E-state index in [-0.39, 0.29) is 13.4 Å². The van der Waals surface area contributed by atoms with E-state index in [1.807, 2.05) is 18.2 Å². The summed E-state index contributed by atoms with van der Waals surface area (Å²) >= 11 is 0. The Labute approximate surface area is 146 Å². The molecule has 25 heavy (non-hydrogen) atoms. The summed E-state index contributed by atoms with van der Waals surface area (Å²) < 4.78 is 16.3. The minimum absolute atomic E-state index is 0.244. The van der Waals surface area contributed by atoms with Crippen molar-refractivity contribution in [3.63, 3.8) is 0 Å².